The summed E-state index contributed by atoms with van der Waals surface area (Å²) in [6, 6.07) is 10.4. The van der Waals surface area contributed by atoms with Gasteiger partial charge in [0, 0.05) is 5.69 Å². The predicted octanol–water partition coefficient (Wildman–Crippen LogP) is 2.99. The van der Waals surface area contributed by atoms with E-state index in [4.69, 9.17) is 5.73 Å². The summed E-state index contributed by atoms with van der Waals surface area (Å²) in [7, 11) is -3.59. The van der Waals surface area contributed by atoms with Gasteiger partial charge in [0.1, 0.15) is 0 Å². The SMILES string of the molecule is Cc1cc(NS(=O)(=O)c2ccccc2C)c(C)cc1N. The molecule has 0 saturated carbocycles. The number of hydrogen-bond acceptors (Lipinski definition) is 3. The van der Waals surface area contributed by atoms with Crippen LogP contribution in [0.2, 0.25) is 0 Å². The highest BCUT2D eigenvalue weighted by atomic mass is 32.2. The molecule has 4 nitrogen and oxygen atoms in total. The van der Waals surface area contributed by atoms with Crippen LogP contribution in [0.3, 0.4) is 0 Å². The Balaban J connectivity index is 2.44. The maximum Gasteiger partial charge on any atom is 0.262 e. The van der Waals surface area contributed by atoms with Crippen LogP contribution in [0, 0.1) is 20.8 Å². The molecule has 2 aromatic carbocycles. The lowest BCUT2D eigenvalue weighted by atomic mass is 10.1. The minimum atomic E-state index is -3.59. The summed E-state index contributed by atoms with van der Waals surface area (Å²) in [5.74, 6) is 0. The molecule has 0 atom stereocenters. The van der Waals surface area contributed by atoms with Gasteiger partial charge in [-0.2, -0.15) is 0 Å². The standard InChI is InChI=1S/C15H18N2O2S/c1-10-6-4-5-7-15(10)20(18,19)17-14-9-11(2)13(16)8-12(14)3/h4-9,17H,16H2,1-3H3. The lowest BCUT2D eigenvalue weighted by Crippen LogP contribution is -2.15. The number of nitrogens with one attached hydrogen (secondary N) is 1. The molecule has 5 heteroatoms. The third-order valence-electron chi connectivity index (χ3n) is 3.24. The van der Waals surface area contributed by atoms with E-state index in [2.05, 4.69) is 4.72 Å². The van der Waals surface area contributed by atoms with Crippen LogP contribution < -0.4 is 10.5 Å². The van der Waals surface area contributed by atoms with Gasteiger partial charge < -0.3 is 5.73 Å². The smallest absolute Gasteiger partial charge is 0.262 e. The van der Waals surface area contributed by atoms with Gasteiger partial charge in [-0.25, -0.2) is 8.42 Å². The zero-order valence-corrected chi connectivity index (χ0v) is 12.6. The van der Waals surface area contributed by atoms with E-state index in [0.717, 1.165) is 11.1 Å². The zero-order chi connectivity index (χ0) is 14.9. The molecule has 0 amide bonds. The van der Waals surface area contributed by atoms with Crippen LogP contribution in [0.4, 0.5) is 11.4 Å². The van der Waals surface area contributed by atoms with Crippen molar-refractivity contribution < 1.29 is 8.42 Å². The minimum Gasteiger partial charge on any atom is -0.399 e. The first-order valence-corrected chi connectivity index (χ1v) is 7.75. The Morgan fingerprint density at radius 1 is 0.950 bits per heavy atom. The second-order valence-electron chi connectivity index (χ2n) is 4.89. The van der Waals surface area contributed by atoms with Crippen molar-refractivity contribution in [3.8, 4) is 0 Å². The molecule has 0 heterocycles. The van der Waals surface area contributed by atoms with Crippen molar-refractivity contribution in [2.75, 3.05) is 10.5 Å². The van der Waals surface area contributed by atoms with Crippen LogP contribution in [0.5, 0.6) is 0 Å². The normalized spacial score (nSPS) is 11.3. The number of nitrogen functional groups attached to an aromatic ring is 1. The maximum atomic E-state index is 12.4. The molecule has 0 saturated heterocycles. The highest BCUT2D eigenvalue weighted by Gasteiger charge is 2.17. The van der Waals surface area contributed by atoms with Crippen LogP contribution in [0.15, 0.2) is 41.3 Å². The topological polar surface area (TPSA) is 72.2 Å². The van der Waals surface area contributed by atoms with E-state index in [0.29, 0.717) is 16.9 Å². The molecule has 0 radical (unpaired) electrons. The van der Waals surface area contributed by atoms with Crippen LogP contribution in [-0.4, -0.2) is 8.42 Å². The Bertz CT molecular complexity index is 752. The Morgan fingerprint density at radius 3 is 2.25 bits per heavy atom. The monoisotopic (exact) mass is 290 g/mol. The fourth-order valence-corrected chi connectivity index (χ4v) is 3.38. The molecular formula is C15H18N2O2S. The van der Waals surface area contributed by atoms with Crippen LogP contribution in [0.1, 0.15) is 16.7 Å². The molecule has 3 N–H and O–H groups in total. The van der Waals surface area contributed by atoms with Gasteiger partial charge in [-0.15, -0.1) is 0 Å². The van der Waals surface area contributed by atoms with Crippen molar-refractivity contribution in [2.24, 2.45) is 0 Å². The first-order chi connectivity index (χ1) is 9.31. The lowest BCUT2D eigenvalue weighted by molar-refractivity contribution is 0.600. The van der Waals surface area contributed by atoms with Gasteiger partial charge in [0.15, 0.2) is 0 Å². The van der Waals surface area contributed by atoms with Gasteiger partial charge in [-0.1, -0.05) is 18.2 Å². The Hall–Kier alpha value is -2.01. The molecule has 0 aliphatic heterocycles. The zero-order valence-electron chi connectivity index (χ0n) is 11.8. The van der Waals surface area contributed by atoms with E-state index in [1.165, 1.54) is 0 Å². The molecule has 2 aromatic rings. The van der Waals surface area contributed by atoms with Gasteiger partial charge >= 0.3 is 0 Å². The van der Waals surface area contributed by atoms with Gasteiger partial charge in [-0.3, -0.25) is 4.72 Å². The van der Waals surface area contributed by atoms with Gasteiger partial charge in [-0.05, 0) is 55.7 Å². The average molecular weight is 290 g/mol. The second-order valence-corrected chi connectivity index (χ2v) is 6.55. The number of rotatable bonds is 3. The summed E-state index contributed by atoms with van der Waals surface area (Å²) >= 11 is 0. The van der Waals surface area contributed by atoms with Crippen molar-refractivity contribution >= 4 is 21.4 Å². The van der Waals surface area contributed by atoms with Crippen LogP contribution in [0.25, 0.3) is 0 Å². The molecule has 106 valence electrons. The third-order valence-corrected chi connectivity index (χ3v) is 4.77. The minimum absolute atomic E-state index is 0.286. The van der Waals surface area contributed by atoms with Crippen LogP contribution in [-0.2, 0) is 10.0 Å². The van der Waals surface area contributed by atoms with Crippen molar-refractivity contribution in [3.05, 3.63) is 53.1 Å². The third kappa shape index (κ3) is 2.77. The summed E-state index contributed by atoms with van der Waals surface area (Å²) in [5, 5.41) is 0. The quantitative estimate of drug-likeness (QED) is 0.854. The fraction of sp³-hybridized carbons (Fsp3) is 0.200. The number of nitrogens with two attached hydrogens (primary N) is 1. The molecule has 0 aromatic heterocycles. The highest BCUT2D eigenvalue weighted by molar-refractivity contribution is 7.92. The molecule has 0 spiro atoms. The number of anilines is 2. The Morgan fingerprint density at radius 2 is 1.60 bits per heavy atom. The lowest BCUT2D eigenvalue weighted by Gasteiger charge is -2.14. The summed E-state index contributed by atoms with van der Waals surface area (Å²) in [6.45, 7) is 5.45. The molecule has 0 aliphatic carbocycles. The Kier molecular flexibility index (Phi) is 3.72. The maximum absolute atomic E-state index is 12.4. The van der Waals surface area contributed by atoms with Crippen molar-refractivity contribution in [1.29, 1.82) is 0 Å². The number of hydrogen-bond donors (Lipinski definition) is 2. The van der Waals surface area contributed by atoms with Gasteiger partial charge in [0.25, 0.3) is 10.0 Å². The molecular weight excluding hydrogens is 272 g/mol. The van der Waals surface area contributed by atoms with E-state index >= 15 is 0 Å². The predicted molar refractivity (Wildman–Crippen MR) is 82.3 cm³/mol. The second kappa shape index (κ2) is 5.17. The Labute approximate surface area is 119 Å². The summed E-state index contributed by atoms with van der Waals surface area (Å²) in [4.78, 5) is 0.286. The molecule has 0 bridgehead atoms. The van der Waals surface area contributed by atoms with Gasteiger partial charge in [0.05, 0.1) is 10.6 Å². The highest BCUT2D eigenvalue weighted by Crippen LogP contribution is 2.25. The van der Waals surface area contributed by atoms with E-state index in [9.17, 15) is 8.42 Å². The molecule has 0 unspecified atom stereocenters. The van der Waals surface area contributed by atoms with Crippen molar-refractivity contribution in [2.45, 2.75) is 25.7 Å². The summed E-state index contributed by atoms with van der Waals surface area (Å²) < 4.78 is 27.5. The largest absolute Gasteiger partial charge is 0.399 e. The molecule has 0 fully saturated rings. The van der Waals surface area contributed by atoms with E-state index in [1.807, 2.05) is 19.9 Å². The first kappa shape index (κ1) is 14.4. The fourth-order valence-electron chi connectivity index (χ4n) is 2.01. The number of aryl methyl sites for hydroxylation is 3. The molecule has 20 heavy (non-hydrogen) atoms. The van der Waals surface area contributed by atoms with Crippen molar-refractivity contribution in [1.82, 2.24) is 0 Å². The number of benzene rings is 2. The molecule has 0 aliphatic rings. The van der Waals surface area contributed by atoms with Crippen molar-refractivity contribution in [3.63, 3.8) is 0 Å². The summed E-state index contributed by atoms with van der Waals surface area (Å²) in [6.07, 6.45) is 0. The van der Waals surface area contributed by atoms with E-state index in [1.54, 1.807) is 37.3 Å². The molecule has 2 rings (SSSR count). The van der Waals surface area contributed by atoms with E-state index < -0.39 is 10.0 Å². The number of sulfonamides is 1. The van der Waals surface area contributed by atoms with Crippen LogP contribution >= 0.6 is 0 Å². The average Bonchev–Trinajstić information content (AvgIpc) is 2.36. The summed E-state index contributed by atoms with van der Waals surface area (Å²) in [5.41, 5.74) is 9.38. The van der Waals surface area contributed by atoms with E-state index in [-0.39, 0.29) is 4.90 Å². The first-order valence-electron chi connectivity index (χ1n) is 6.26. The van der Waals surface area contributed by atoms with Gasteiger partial charge in [0.2, 0.25) is 0 Å².